The molecule has 1 aliphatic heterocycles. The lowest BCUT2D eigenvalue weighted by Gasteiger charge is -2.17. The summed E-state index contributed by atoms with van der Waals surface area (Å²) in [6.45, 7) is 5.97. The minimum atomic E-state index is 0.0346. The van der Waals surface area contributed by atoms with Gasteiger partial charge in [-0.15, -0.1) is 0 Å². The van der Waals surface area contributed by atoms with Crippen LogP contribution in [0.15, 0.2) is 10.5 Å². The summed E-state index contributed by atoms with van der Waals surface area (Å²) in [4.78, 5) is 29.3. The van der Waals surface area contributed by atoms with Crippen LogP contribution in [0.1, 0.15) is 24.6 Å². The minimum absolute atomic E-state index is 0.0346. The van der Waals surface area contributed by atoms with Gasteiger partial charge in [-0.2, -0.15) is 0 Å². The number of carbonyl (C=O) groups is 2. The van der Waals surface area contributed by atoms with Gasteiger partial charge in [-0.05, 0) is 41.4 Å². The molecule has 19 heavy (non-hydrogen) atoms. The van der Waals surface area contributed by atoms with Gasteiger partial charge in [-0.1, -0.05) is 11.8 Å². The molecule has 1 amide bonds. The normalized spacial score (nSPS) is 19.1. The lowest BCUT2D eigenvalue weighted by atomic mass is 10.2. The second-order valence-corrected chi connectivity index (χ2v) is 6.91. The van der Waals surface area contributed by atoms with Crippen LogP contribution in [0.4, 0.5) is 5.82 Å². The average Bonchev–Trinajstić information content (AvgIpc) is 2.65. The van der Waals surface area contributed by atoms with Crippen molar-refractivity contribution in [2.45, 2.75) is 32.4 Å². The lowest BCUT2D eigenvalue weighted by molar-refractivity contribution is -0.117. The Kier molecular flexibility index (Phi) is 4.30. The highest BCUT2D eigenvalue weighted by Gasteiger charge is 2.32. The number of thioether (sulfide) groups is 1. The summed E-state index contributed by atoms with van der Waals surface area (Å²) in [5.41, 5.74) is 1.92. The molecule has 0 spiro atoms. The minimum Gasteiger partial charge on any atom is -0.296 e. The van der Waals surface area contributed by atoms with E-state index in [-0.39, 0.29) is 16.3 Å². The van der Waals surface area contributed by atoms with Crippen LogP contribution < -0.4 is 4.90 Å². The Hall–Kier alpha value is -0.880. The van der Waals surface area contributed by atoms with Crippen molar-refractivity contribution in [3.05, 3.63) is 21.8 Å². The molecular formula is C13H15BrN2O2S. The number of aryl methyl sites for hydroxylation is 2. The maximum atomic E-state index is 12.0. The average molecular weight is 343 g/mol. The monoisotopic (exact) mass is 342 g/mol. The summed E-state index contributed by atoms with van der Waals surface area (Å²) < 4.78 is 0.970. The van der Waals surface area contributed by atoms with Gasteiger partial charge in [0.25, 0.3) is 0 Å². The Morgan fingerprint density at radius 1 is 1.53 bits per heavy atom. The van der Waals surface area contributed by atoms with E-state index in [4.69, 9.17) is 0 Å². The third-order valence-electron chi connectivity index (χ3n) is 2.99. The number of hydrogen-bond acceptors (Lipinski definition) is 4. The number of nitrogens with zero attached hydrogens (tertiary/aromatic N) is 2. The number of pyridine rings is 1. The van der Waals surface area contributed by atoms with Crippen molar-refractivity contribution >= 4 is 44.5 Å². The summed E-state index contributed by atoms with van der Waals surface area (Å²) in [5.74, 6) is 0.710. The van der Waals surface area contributed by atoms with E-state index in [9.17, 15) is 9.59 Å². The molecule has 0 bridgehead atoms. The summed E-state index contributed by atoms with van der Waals surface area (Å²) in [6.07, 6.45) is 0.403. The van der Waals surface area contributed by atoms with Crippen molar-refractivity contribution in [1.82, 2.24) is 4.98 Å². The predicted molar refractivity (Wildman–Crippen MR) is 80.4 cm³/mol. The van der Waals surface area contributed by atoms with Crippen LogP contribution in [-0.2, 0) is 9.59 Å². The van der Waals surface area contributed by atoms with Crippen LogP contribution in [0.5, 0.6) is 0 Å². The van der Waals surface area contributed by atoms with E-state index in [1.807, 2.05) is 19.9 Å². The molecule has 1 aromatic heterocycles. The van der Waals surface area contributed by atoms with Crippen LogP contribution in [-0.4, -0.2) is 27.8 Å². The highest BCUT2D eigenvalue weighted by Crippen LogP contribution is 2.30. The molecule has 1 atom stereocenters. The lowest BCUT2D eigenvalue weighted by Crippen LogP contribution is -2.26. The van der Waals surface area contributed by atoms with Gasteiger partial charge in [0.1, 0.15) is 5.82 Å². The summed E-state index contributed by atoms with van der Waals surface area (Å²) in [5, 5.41) is 0.0897. The SMILES string of the molecule is CC(=O)SC1CC(=O)N(c2cc(C)c(Br)c(C)n2)C1. The zero-order valence-electron chi connectivity index (χ0n) is 11.1. The first-order chi connectivity index (χ1) is 8.88. The van der Waals surface area contributed by atoms with Crippen LogP contribution in [0.2, 0.25) is 0 Å². The van der Waals surface area contributed by atoms with Gasteiger partial charge in [0.2, 0.25) is 5.91 Å². The van der Waals surface area contributed by atoms with Crippen molar-refractivity contribution in [2.24, 2.45) is 0 Å². The van der Waals surface area contributed by atoms with Crippen molar-refractivity contribution < 1.29 is 9.59 Å². The Labute approximate surface area is 125 Å². The number of rotatable bonds is 2. The number of hydrogen-bond donors (Lipinski definition) is 0. The number of halogens is 1. The molecule has 102 valence electrons. The fourth-order valence-electron chi connectivity index (χ4n) is 2.14. The maximum Gasteiger partial charge on any atom is 0.229 e. The number of aromatic nitrogens is 1. The van der Waals surface area contributed by atoms with Gasteiger partial charge >= 0.3 is 0 Å². The molecule has 1 aromatic rings. The van der Waals surface area contributed by atoms with Gasteiger partial charge in [0.15, 0.2) is 5.12 Å². The molecule has 4 nitrogen and oxygen atoms in total. The first kappa shape index (κ1) is 14.5. The number of carbonyl (C=O) groups excluding carboxylic acids is 2. The maximum absolute atomic E-state index is 12.0. The standard InChI is InChI=1S/C13H15BrN2O2S/c1-7-4-11(15-8(2)13(7)14)16-6-10(5-12(16)18)19-9(3)17/h4,10H,5-6H2,1-3H3. The van der Waals surface area contributed by atoms with Gasteiger partial charge in [-0.25, -0.2) is 4.98 Å². The molecule has 1 unspecified atom stereocenters. The van der Waals surface area contributed by atoms with E-state index >= 15 is 0 Å². The molecule has 2 heterocycles. The molecule has 0 aromatic carbocycles. The van der Waals surface area contributed by atoms with Crippen molar-refractivity contribution in [2.75, 3.05) is 11.4 Å². The first-order valence-electron chi connectivity index (χ1n) is 6.00. The van der Waals surface area contributed by atoms with Crippen molar-refractivity contribution in [1.29, 1.82) is 0 Å². The van der Waals surface area contributed by atoms with Crippen molar-refractivity contribution in [3.8, 4) is 0 Å². The van der Waals surface area contributed by atoms with E-state index < -0.39 is 0 Å². The third-order valence-corrected chi connectivity index (χ3v) is 5.17. The molecule has 0 aliphatic carbocycles. The van der Waals surface area contributed by atoms with E-state index in [2.05, 4.69) is 20.9 Å². The van der Waals surface area contributed by atoms with Gasteiger partial charge < -0.3 is 0 Å². The number of amides is 1. The molecule has 0 radical (unpaired) electrons. The Bertz CT molecular complexity index is 524. The van der Waals surface area contributed by atoms with Crippen LogP contribution in [0, 0.1) is 13.8 Å². The summed E-state index contributed by atoms with van der Waals surface area (Å²) in [7, 11) is 0. The molecule has 2 rings (SSSR count). The quantitative estimate of drug-likeness (QED) is 0.829. The Morgan fingerprint density at radius 2 is 2.21 bits per heavy atom. The second-order valence-electron chi connectivity index (χ2n) is 4.64. The molecule has 6 heteroatoms. The summed E-state index contributed by atoms with van der Waals surface area (Å²) in [6, 6.07) is 1.90. The molecule has 1 saturated heterocycles. The van der Waals surface area contributed by atoms with Crippen LogP contribution >= 0.6 is 27.7 Å². The third kappa shape index (κ3) is 3.17. The molecule has 0 N–H and O–H groups in total. The smallest absolute Gasteiger partial charge is 0.229 e. The molecule has 1 aliphatic rings. The first-order valence-corrected chi connectivity index (χ1v) is 7.67. The van der Waals surface area contributed by atoms with Crippen LogP contribution in [0.3, 0.4) is 0 Å². The molecule has 1 fully saturated rings. The Morgan fingerprint density at radius 3 is 2.79 bits per heavy atom. The van der Waals surface area contributed by atoms with Gasteiger partial charge in [0.05, 0.1) is 5.69 Å². The zero-order chi connectivity index (χ0) is 14.2. The van der Waals surface area contributed by atoms with Crippen molar-refractivity contribution in [3.63, 3.8) is 0 Å². The fraction of sp³-hybridized carbons (Fsp3) is 0.462. The zero-order valence-corrected chi connectivity index (χ0v) is 13.5. The number of anilines is 1. The topological polar surface area (TPSA) is 50.3 Å². The highest BCUT2D eigenvalue weighted by molar-refractivity contribution is 9.10. The van der Waals surface area contributed by atoms with Crippen LogP contribution in [0.25, 0.3) is 0 Å². The molecular weight excluding hydrogens is 328 g/mol. The predicted octanol–water partition coefficient (Wildman–Crippen LogP) is 2.85. The van der Waals surface area contributed by atoms with E-state index in [1.54, 1.807) is 4.90 Å². The van der Waals surface area contributed by atoms with Gasteiger partial charge in [0, 0.05) is 29.6 Å². The molecule has 0 saturated carbocycles. The van der Waals surface area contributed by atoms with E-state index in [0.717, 1.165) is 15.7 Å². The fourth-order valence-corrected chi connectivity index (χ4v) is 3.27. The van der Waals surface area contributed by atoms with Gasteiger partial charge in [-0.3, -0.25) is 14.5 Å². The Balaban J connectivity index is 2.23. The van der Waals surface area contributed by atoms with E-state index in [0.29, 0.717) is 18.8 Å². The summed E-state index contributed by atoms with van der Waals surface area (Å²) >= 11 is 4.70. The van der Waals surface area contributed by atoms with E-state index in [1.165, 1.54) is 18.7 Å². The largest absolute Gasteiger partial charge is 0.296 e. The second kappa shape index (κ2) is 5.63. The highest BCUT2D eigenvalue weighted by atomic mass is 79.9.